The molecule has 0 unspecified atom stereocenters. The summed E-state index contributed by atoms with van der Waals surface area (Å²) >= 11 is 0. The van der Waals surface area contributed by atoms with Crippen molar-refractivity contribution in [2.75, 3.05) is 0 Å². The highest BCUT2D eigenvalue weighted by molar-refractivity contribution is 5.69. The summed E-state index contributed by atoms with van der Waals surface area (Å²) in [6, 6.07) is 0. The van der Waals surface area contributed by atoms with Gasteiger partial charge in [0.25, 0.3) is 0 Å². The molecule has 0 saturated carbocycles. The molecule has 0 aliphatic rings. The van der Waals surface area contributed by atoms with Gasteiger partial charge in [-0.3, -0.25) is 4.79 Å². The minimum Gasteiger partial charge on any atom is -0.463 e. The number of ether oxygens (including phenoxy) is 1. The van der Waals surface area contributed by atoms with Crippen LogP contribution in [0.25, 0.3) is 0 Å². The fourth-order valence-corrected chi connectivity index (χ4v) is 1.15. The van der Waals surface area contributed by atoms with Crippen LogP contribution in [0.3, 0.4) is 0 Å². The Kier molecular flexibility index (Phi) is 7.17. The van der Waals surface area contributed by atoms with Gasteiger partial charge in [-0.1, -0.05) is 18.6 Å². The molecule has 0 rings (SSSR count). The van der Waals surface area contributed by atoms with Gasteiger partial charge < -0.3 is 4.74 Å². The van der Waals surface area contributed by atoms with Crippen molar-refractivity contribution in [1.29, 1.82) is 0 Å². The van der Waals surface area contributed by atoms with Gasteiger partial charge in [0.2, 0.25) is 0 Å². The zero-order valence-electron chi connectivity index (χ0n) is 9.80. The van der Waals surface area contributed by atoms with Crippen LogP contribution in [0.2, 0.25) is 0 Å². The second-order valence-electron chi connectivity index (χ2n) is 3.91. The fourth-order valence-electron chi connectivity index (χ4n) is 1.15. The van der Waals surface area contributed by atoms with Gasteiger partial charge >= 0.3 is 5.97 Å². The maximum absolute atomic E-state index is 11.1. The summed E-state index contributed by atoms with van der Waals surface area (Å²) in [4.78, 5) is 11.1. The van der Waals surface area contributed by atoms with Crippen LogP contribution in [0.1, 0.15) is 53.4 Å². The van der Waals surface area contributed by atoms with E-state index in [1.54, 1.807) is 0 Å². The van der Waals surface area contributed by atoms with Crippen LogP contribution in [0.15, 0.2) is 11.6 Å². The molecule has 0 heterocycles. The monoisotopic (exact) mass is 198 g/mol. The van der Waals surface area contributed by atoms with Crippen LogP contribution in [0.5, 0.6) is 0 Å². The lowest BCUT2D eigenvalue weighted by Gasteiger charge is -2.11. The number of allylic oxidation sites excluding steroid dienone is 2. The van der Waals surface area contributed by atoms with Crippen LogP contribution in [0.4, 0.5) is 0 Å². The topological polar surface area (TPSA) is 26.3 Å². The molecule has 2 nitrogen and oxygen atoms in total. The van der Waals surface area contributed by atoms with E-state index in [0.717, 1.165) is 19.3 Å². The molecule has 1 atom stereocenters. The first kappa shape index (κ1) is 13.2. The fraction of sp³-hybridized carbons (Fsp3) is 0.750. The maximum atomic E-state index is 11.1. The van der Waals surface area contributed by atoms with E-state index in [-0.39, 0.29) is 12.1 Å². The summed E-state index contributed by atoms with van der Waals surface area (Å²) in [5, 5.41) is 0. The minimum atomic E-state index is -0.0720. The van der Waals surface area contributed by atoms with Crippen molar-refractivity contribution in [1.82, 2.24) is 0 Å². The Morgan fingerprint density at radius 3 is 2.57 bits per heavy atom. The molecule has 0 aliphatic heterocycles. The molecule has 0 spiro atoms. The highest BCUT2D eigenvalue weighted by Gasteiger charge is 2.06. The van der Waals surface area contributed by atoms with E-state index in [0.29, 0.717) is 6.42 Å². The lowest BCUT2D eigenvalue weighted by atomic mass is 10.2. The first-order valence-corrected chi connectivity index (χ1v) is 5.39. The Balaban J connectivity index is 3.59. The van der Waals surface area contributed by atoms with E-state index < -0.39 is 0 Å². The number of carbonyl (C=O) groups is 1. The average Bonchev–Trinajstić information content (AvgIpc) is 2.03. The summed E-state index contributed by atoms with van der Waals surface area (Å²) in [7, 11) is 0. The summed E-state index contributed by atoms with van der Waals surface area (Å²) in [5.41, 5.74) is 1.32. The quantitative estimate of drug-likeness (QED) is 0.482. The van der Waals surface area contributed by atoms with Gasteiger partial charge in [-0.05, 0) is 40.0 Å². The molecule has 2 heteroatoms. The van der Waals surface area contributed by atoms with Gasteiger partial charge in [0, 0.05) is 6.42 Å². The molecular weight excluding hydrogens is 176 g/mol. The van der Waals surface area contributed by atoms with Crippen LogP contribution < -0.4 is 0 Å². The van der Waals surface area contributed by atoms with E-state index in [1.807, 2.05) is 13.8 Å². The summed E-state index contributed by atoms with van der Waals surface area (Å²) in [6.07, 6.45) is 5.52. The van der Waals surface area contributed by atoms with Crippen molar-refractivity contribution in [3.05, 3.63) is 11.6 Å². The molecule has 0 aromatic heterocycles. The number of rotatable bonds is 6. The van der Waals surface area contributed by atoms with Crippen LogP contribution in [0, 0.1) is 0 Å². The summed E-state index contributed by atoms with van der Waals surface area (Å²) in [5.74, 6) is -0.0720. The van der Waals surface area contributed by atoms with Gasteiger partial charge in [-0.2, -0.15) is 0 Å². The third kappa shape index (κ3) is 7.84. The van der Waals surface area contributed by atoms with Gasteiger partial charge in [0.05, 0.1) is 6.10 Å². The predicted molar refractivity (Wildman–Crippen MR) is 59.1 cm³/mol. The smallest absolute Gasteiger partial charge is 0.306 e. The zero-order valence-corrected chi connectivity index (χ0v) is 9.80. The lowest BCUT2D eigenvalue weighted by Crippen LogP contribution is -2.14. The molecule has 0 aromatic rings. The predicted octanol–water partition coefficient (Wildman–Crippen LogP) is 3.46. The van der Waals surface area contributed by atoms with Crippen molar-refractivity contribution < 1.29 is 9.53 Å². The van der Waals surface area contributed by atoms with Gasteiger partial charge in [0.1, 0.15) is 0 Å². The Hall–Kier alpha value is -0.790. The molecular formula is C12H22O2. The lowest BCUT2D eigenvalue weighted by molar-refractivity contribution is -0.148. The normalized spacial score (nSPS) is 12.0. The Morgan fingerprint density at radius 1 is 1.43 bits per heavy atom. The highest BCUT2D eigenvalue weighted by Crippen LogP contribution is 2.06. The van der Waals surface area contributed by atoms with Crippen molar-refractivity contribution in [3.63, 3.8) is 0 Å². The average molecular weight is 198 g/mol. The third-order valence-corrected chi connectivity index (χ3v) is 1.91. The number of hydrogen-bond donors (Lipinski definition) is 0. The van der Waals surface area contributed by atoms with Crippen molar-refractivity contribution in [2.24, 2.45) is 0 Å². The molecule has 0 amide bonds. The van der Waals surface area contributed by atoms with Crippen LogP contribution in [-0.4, -0.2) is 12.1 Å². The number of esters is 1. The van der Waals surface area contributed by atoms with Gasteiger partial charge in [-0.15, -0.1) is 0 Å². The zero-order chi connectivity index (χ0) is 11.0. The van der Waals surface area contributed by atoms with Crippen molar-refractivity contribution in [3.8, 4) is 0 Å². The molecule has 0 saturated heterocycles. The summed E-state index contributed by atoms with van der Waals surface area (Å²) in [6.45, 7) is 8.09. The van der Waals surface area contributed by atoms with E-state index >= 15 is 0 Å². The Bertz CT molecular complexity index is 190. The first-order chi connectivity index (χ1) is 6.56. The first-order valence-electron chi connectivity index (χ1n) is 5.39. The molecule has 0 fully saturated rings. The Labute approximate surface area is 87.3 Å². The summed E-state index contributed by atoms with van der Waals surface area (Å²) < 4.78 is 5.20. The molecule has 0 N–H and O–H groups in total. The SMILES string of the molecule is CCCC(=O)O[C@@H](C)CCC=C(C)C. The Morgan fingerprint density at radius 2 is 2.07 bits per heavy atom. The highest BCUT2D eigenvalue weighted by atomic mass is 16.5. The molecule has 0 bridgehead atoms. The largest absolute Gasteiger partial charge is 0.463 e. The van der Waals surface area contributed by atoms with Gasteiger partial charge in [-0.25, -0.2) is 0 Å². The van der Waals surface area contributed by atoms with E-state index in [2.05, 4.69) is 19.9 Å². The second kappa shape index (κ2) is 7.60. The van der Waals surface area contributed by atoms with Crippen molar-refractivity contribution >= 4 is 5.97 Å². The molecule has 0 aromatic carbocycles. The maximum Gasteiger partial charge on any atom is 0.306 e. The molecule has 82 valence electrons. The van der Waals surface area contributed by atoms with Crippen LogP contribution in [-0.2, 0) is 9.53 Å². The molecule has 14 heavy (non-hydrogen) atoms. The van der Waals surface area contributed by atoms with E-state index in [9.17, 15) is 4.79 Å². The number of carbonyl (C=O) groups excluding carboxylic acids is 1. The minimum absolute atomic E-state index is 0.0460. The third-order valence-electron chi connectivity index (χ3n) is 1.91. The van der Waals surface area contributed by atoms with E-state index in [4.69, 9.17) is 4.74 Å². The van der Waals surface area contributed by atoms with Crippen molar-refractivity contribution in [2.45, 2.75) is 59.5 Å². The second-order valence-corrected chi connectivity index (χ2v) is 3.91. The van der Waals surface area contributed by atoms with E-state index in [1.165, 1.54) is 5.57 Å². The van der Waals surface area contributed by atoms with Gasteiger partial charge in [0.15, 0.2) is 0 Å². The standard InChI is InChI=1S/C12H22O2/c1-5-7-12(13)14-11(4)9-6-8-10(2)3/h8,11H,5-7,9H2,1-4H3/t11-/m0/s1. The molecule has 0 radical (unpaired) electrons. The molecule has 0 aliphatic carbocycles. The number of hydrogen-bond acceptors (Lipinski definition) is 2. The van der Waals surface area contributed by atoms with Crippen LogP contribution >= 0.6 is 0 Å².